The largest absolute Gasteiger partial charge is 0.392 e. The van der Waals surface area contributed by atoms with Crippen molar-refractivity contribution in [1.29, 1.82) is 0 Å². The topological polar surface area (TPSA) is 20.2 Å². The fourth-order valence-electron chi connectivity index (χ4n) is 2.25. The van der Waals surface area contributed by atoms with Crippen LogP contribution < -0.4 is 0 Å². The van der Waals surface area contributed by atoms with Crippen LogP contribution in [0.3, 0.4) is 0 Å². The molecule has 76 valence electrons. The van der Waals surface area contributed by atoms with E-state index < -0.39 is 0 Å². The van der Waals surface area contributed by atoms with Crippen molar-refractivity contribution in [2.45, 2.75) is 37.7 Å². The van der Waals surface area contributed by atoms with E-state index in [2.05, 4.69) is 28.1 Å². The molecular formula is C12H15BrO. The van der Waals surface area contributed by atoms with Gasteiger partial charge in [-0.05, 0) is 24.5 Å². The van der Waals surface area contributed by atoms with E-state index >= 15 is 0 Å². The van der Waals surface area contributed by atoms with Crippen molar-refractivity contribution >= 4 is 15.9 Å². The summed E-state index contributed by atoms with van der Waals surface area (Å²) in [5.41, 5.74) is 1.26. The molecule has 1 aliphatic carbocycles. The first-order valence-corrected chi connectivity index (χ1v) is 6.01. The smallest absolute Gasteiger partial charge is 0.0609 e. The molecule has 1 nitrogen and oxygen atoms in total. The van der Waals surface area contributed by atoms with Crippen LogP contribution in [0.25, 0.3) is 0 Å². The average Bonchev–Trinajstić information content (AvgIpc) is 2.20. The van der Waals surface area contributed by atoms with Crippen molar-refractivity contribution < 1.29 is 5.11 Å². The molecule has 1 fully saturated rings. The molecule has 0 spiro atoms. The summed E-state index contributed by atoms with van der Waals surface area (Å²) in [6.07, 6.45) is 4.32. The number of hydrogen-bond acceptors (Lipinski definition) is 1. The summed E-state index contributed by atoms with van der Waals surface area (Å²) >= 11 is 3.55. The van der Waals surface area contributed by atoms with Gasteiger partial charge in [0.1, 0.15) is 0 Å². The Morgan fingerprint density at radius 2 is 1.86 bits per heavy atom. The normalized spacial score (nSPS) is 27.6. The molecule has 0 bridgehead atoms. The van der Waals surface area contributed by atoms with Gasteiger partial charge in [-0.25, -0.2) is 0 Å². The highest BCUT2D eigenvalue weighted by atomic mass is 79.9. The van der Waals surface area contributed by atoms with Crippen molar-refractivity contribution in [3.05, 3.63) is 34.3 Å². The molecule has 14 heavy (non-hydrogen) atoms. The summed E-state index contributed by atoms with van der Waals surface area (Å²) in [5, 5.41) is 9.93. The highest BCUT2D eigenvalue weighted by Gasteiger charge is 2.25. The van der Waals surface area contributed by atoms with E-state index in [1.165, 1.54) is 18.4 Å². The van der Waals surface area contributed by atoms with Crippen LogP contribution in [0.15, 0.2) is 28.7 Å². The second-order valence-electron chi connectivity index (χ2n) is 3.98. The zero-order valence-electron chi connectivity index (χ0n) is 8.12. The molecule has 1 aromatic rings. The second-order valence-corrected chi connectivity index (χ2v) is 4.83. The number of benzene rings is 1. The molecule has 0 aliphatic heterocycles. The Balaban J connectivity index is 2.25. The molecule has 0 saturated heterocycles. The summed E-state index contributed by atoms with van der Waals surface area (Å²) in [5.74, 6) is 0.333. The lowest BCUT2D eigenvalue weighted by Gasteiger charge is -2.28. The third kappa shape index (κ3) is 2.01. The van der Waals surface area contributed by atoms with Crippen LogP contribution in [0.2, 0.25) is 0 Å². The maximum atomic E-state index is 9.93. The number of halogens is 1. The van der Waals surface area contributed by atoms with Gasteiger partial charge in [0.05, 0.1) is 6.10 Å². The van der Waals surface area contributed by atoms with E-state index in [4.69, 9.17) is 0 Å². The maximum absolute atomic E-state index is 9.93. The first-order chi connectivity index (χ1) is 6.79. The average molecular weight is 255 g/mol. The van der Waals surface area contributed by atoms with Gasteiger partial charge in [0.15, 0.2) is 0 Å². The van der Waals surface area contributed by atoms with Crippen molar-refractivity contribution in [2.75, 3.05) is 0 Å². The number of hydrogen-bond donors (Lipinski definition) is 1. The molecule has 2 atom stereocenters. The van der Waals surface area contributed by atoms with Crippen molar-refractivity contribution in [1.82, 2.24) is 0 Å². The van der Waals surface area contributed by atoms with Crippen molar-refractivity contribution in [3.63, 3.8) is 0 Å². The molecule has 2 heteroatoms. The Bertz CT molecular complexity index is 311. The van der Waals surface area contributed by atoms with Crippen LogP contribution in [-0.2, 0) is 0 Å². The van der Waals surface area contributed by atoms with Gasteiger partial charge in [0, 0.05) is 10.4 Å². The zero-order chi connectivity index (χ0) is 9.97. The summed E-state index contributed by atoms with van der Waals surface area (Å²) in [6, 6.07) is 8.23. The van der Waals surface area contributed by atoms with Gasteiger partial charge < -0.3 is 5.11 Å². The molecular weight excluding hydrogens is 240 g/mol. The molecule has 0 radical (unpaired) electrons. The lowest BCUT2D eigenvalue weighted by Crippen LogP contribution is -2.22. The van der Waals surface area contributed by atoms with E-state index in [9.17, 15) is 5.11 Å². The third-order valence-corrected chi connectivity index (χ3v) is 3.76. The molecule has 1 saturated carbocycles. The van der Waals surface area contributed by atoms with Crippen LogP contribution in [0.1, 0.15) is 37.2 Å². The van der Waals surface area contributed by atoms with Crippen LogP contribution in [0.4, 0.5) is 0 Å². The molecule has 1 N–H and O–H groups in total. The SMILES string of the molecule is O[C@@H]1CCCC[C@@H]1c1ccccc1Br. The second kappa shape index (κ2) is 4.45. The predicted octanol–water partition coefficient (Wildman–Crippen LogP) is 3.47. The first kappa shape index (κ1) is 10.2. The Morgan fingerprint density at radius 3 is 2.57 bits per heavy atom. The third-order valence-electron chi connectivity index (χ3n) is 3.03. The Morgan fingerprint density at radius 1 is 1.14 bits per heavy atom. The molecule has 0 unspecified atom stereocenters. The van der Waals surface area contributed by atoms with Crippen LogP contribution in [0, 0.1) is 0 Å². The number of aliphatic hydroxyl groups is 1. The van der Waals surface area contributed by atoms with Crippen LogP contribution in [0.5, 0.6) is 0 Å². The molecule has 1 aliphatic rings. The first-order valence-electron chi connectivity index (χ1n) is 5.21. The van der Waals surface area contributed by atoms with Gasteiger partial charge in [0.2, 0.25) is 0 Å². The molecule has 2 rings (SSSR count). The van der Waals surface area contributed by atoms with Gasteiger partial charge in [-0.2, -0.15) is 0 Å². The molecule has 0 amide bonds. The van der Waals surface area contributed by atoms with Gasteiger partial charge in [-0.3, -0.25) is 0 Å². The molecule has 1 aromatic carbocycles. The summed E-state index contributed by atoms with van der Waals surface area (Å²) < 4.78 is 1.13. The van der Waals surface area contributed by atoms with Gasteiger partial charge in [-0.15, -0.1) is 0 Å². The quantitative estimate of drug-likeness (QED) is 0.814. The van der Waals surface area contributed by atoms with Gasteiger partial charge in [-0.1, -0.05) is 47.0 Å². The Kier molecular flexibility index (Phi) is 3.24. The minimum atomic E-state index is -0.151. The molecule has 0 aromatic heterocycles. The van der Waals surface area contributed by atoms with E-state index in [0.29, 0.717) is 5.92 Å². The summed E-state index contributed by atoms with van der Waals surface area (Å²) in [7, 11) is 0. The lowest BCUT2D eigenvalue weighted by molar-refractivity contribution is 0.106. The highest BCUT2D eigenvalue weighted by molar-refractivity contribution is 9.10. The minimum absolute atomic E-state index is 0.151. The maximum Gasteiger partial charge on any atom is 0.0609 e. The van der Waals surface area contributed by atoms with Crippen molar-refractivity contribution in [3.8, 4) is 0 Å². The van der Waals surface area contributed by atoms with Gasteiger partial charge in [0.25, 0.3) is 0 Å². The van der Waals surface area contributed by atoms with E-state index in [-0.39, 0.29) is 6.10 Å². The van der Waals surface area contributed by atoms with Crippen LogP contribution >= 0.6 is 15.9 Å². The standard InChI is InChI=1S/C12H15BrO/c13-11-7-3-1-5-9(11)10-6-2-4-8-12(10)14/h1,3,5,7,10,12,14H,2,4,6,8H2/t10-,12-/m1/s1. The Hall–Kier alpha value is -0.340. The van der Waals surface area contributed by atoms with Crippen molar-refractivity contribution in [2.24, 2.45) is 0 Å². The predicted molar refractivity (Wildman–Crippen MR) is 61.4 cm³/mol. The Labute approximate surface area is 93.3 Å². The van der Waals surface area contributed by atoms with E-state index in [1.54, 1.807) is 0 Å². The van der Waals surface area contributed by atoms with E-state index in [1.807, 2.05) is 12.1 Å². The molecule has 0 heterocycles. The lowest BCUT2D eigenvalue weighted by atomic mass is 9.82. The number of aliphatic hydroxyl groups excluding tert-OH is 1. The van der Waals surface area contributed by atoms with Gasteiger partial charge >= 0.3 is 0 Å². The van der Waals surface area contributed by atoms with E-state index in [0.717, 1.165) is 17.3 Å². The number of rotatable bonds is 1. The fourth-order valence-corrected chi connectivity index (χ4v) is 2.83. The summed E-state index contributed by atoms with van der Waals surface area (Å²) in [6.45, 7) is 0. The minimum Gasteiger partial charge on any atom is -0.392 e. The monoisotopic (exact) mass is 254 g/mol. The highest BCUT2D eigenvalue weighted by Crippen LogP contribution is 2.36. The fraction of sp³-hybridized carbons (Fsp3) is 0.500. The summed E-state index contributed by atoms with van der Waals surface area (Å²) in [4.78, 5) is 0. The zero-order valence-corrected chi connectivity index (χ0v) is 9.70. The van der Waals surface area contributed by atoms with Crippen LogP contribution in [-0.4, -0.2) is 11.2 Å².